The van der Waals surface area contributed by atoms with Gasteiger partial charge in [-0.25, -0.2) is 9.78 Å². The zero-order chi connectivity index (χ0) is 18.8. The van der Waals surface area contributed by atoms with Crippen molar-refractivity contribution < 1.29 is 18.7 Å². The first-order valence-corrected chi connectivity index (χ1v) is 8.45. The molecule has 3 aromatic heterocycles. The van der Waals surface area contributed by atoms with E-state index in [1.54, 1.807) is 25.7 Å². The third-order valence-corrected chi connectivity index (χ3v) is 4.48. The minimum absolute atomic E-state index is 0.293. The van der Waals surface area contributed by atoms with Gasteiger partial charge in [-0.15, -0.1) is 0 Å². The van der Waals surface area contributed by atoms with Gasteiger partial charge in [-0.05, 0) is 35.9 Å². The van der Waals surface area contributed by atoms with Gasteiger partial charge in [0, 0.05) is 34.6 Å². The maximum absolute atomic E-state index is 11.8. The summed E-state index contributed by atoms with van der Waals surface area (Å²) in [6.07, 6.45) is 3.89. The molecular weight excluding hydrogens is 344 g/mol. The van der Waals surface area contributed by atoms with E-state index in [1.165, 1.54) is 7.11 Å². The average Bonchev–Trinajstić information content (AvgIpc) is 3.35. The van der Waals surface area contributed by atoms with Crippen LogP contribution < -0.4 is 4.74 Å². The van der Waals surface area contributed by atoms with Gasteiger partial charge in [0.25, 0.3) is 0 Å². The molecular formula is C21H18N2O4. The quantitative estimate of drug-likeness (QED) is 0.538. The molecule has 6 nitrogen and oxygen atoms in total. The normalized spacial score (nSPS) is 10.9. The number of carbonyl (C=O) groups excluding carboxylic acids is 1. The number of pyridine rings is 1. The Morgan fingerprint density at radius 3 is 2.81 bits per heavy atom. The van der Waals surface area contributed by atoms with E-state index in [9.17, 15) is 4.79 Å². The van der Waals surface area contributed by atoms with E-state index < -0.39 is 5.97 Å². The van der Waals surface area contributed by atoms with Gasteiger partial charge in [0.05, 0.1) is 32.4 Å². The van der Waals surface area contributed by atoms with Gasteiger partial charge >= 0.3 is 5.97 Å². The summed E-state index contributed by atoms with van der Waals surface area (Å²) in [5.41, 5.74) is 5.01. The van der Waals surface area contributed by atoms with Gasteiger partial charge in [-0.1, -0.05) is 6.07 Å². The summed E-state index contributed by atoms with van der Waals surface area (Å²) < 4.78 is 15.4. The number of hydrogen-bond acceptors (Lipinski definition) is 5. The van der Waals surface area contributed by atoms with Crippen molar-refractivity contribution >= 4 is 16.9 Å². The average molecular weight is 362 g/mol. The van der Waals surface area contributed by atoms with Crippen LogP contribution in [0.3, 0.4) is 0 Å². The number of aromatic amines is 1. The Kier molecular flexibility index (Phi) is 4.38. The zero-order valence-corrected chi connectivity index (χ0v) is 15.0. The van der Waals surface area contributed by atoms with Crippen molar-refractivity contribution in [3.05, 3.63) is 71.9 Å². The molecule has 0 unspecified atom stereocenters. The topological polar surface area (TPSA) is 77.3 Å². The fourth-order valence-electron chi connectivity index (χ4n) is 3.18. The van der Waals surface area contributed by atoms with Crippen molar-refractivity contribution in [3.8, 4) is 17.0 Å². The molecule has 0 aliphatic rings. The largest absolute Gasteiger partial charge is 0.497 e. The van der Waals surface area contributed by atoms with E-state index in [0.29, 0.717) is 12.1 Å². The smallest absolute Gasteiger partial charge is 0.356 e. The van der Waals surface area contributed by atoms with E-state index in [1.807, 2.05) is 36.4 Å². The zero-order valence-electron chi connectivity index (χ0n) is 15.0. The van der Waals surface area contributed by atoms with Crippen LogP contribution in [0.4, 0.5) is 0 Å². The van der Waals surface area contributed by atoms with Gasteiger partial charge in [0.2, 0.25) is 0 Å². The fourth-order valence-corrected chi connectivity index (χ4v) is 3.18. The Balaban J connectivity index is 1.82. The van der Waals surface area contributed by atoms with Gasteiger partial charge in [-0.3, -0.25) is 0 Å². The molecule has 0 radical (unpaired) electrons. The van der Waals surface area contributed by atoms with Gasteiger partial charge in [0.1, 0.15) is 11.4 Å². The maximum Gasteiger partial charge on any atom is 0.356 e. The lowest BCUT2D eigenvalue weighted by Gasteiger charge is -2.06. The van der Waals surface area contributed by atoms with Crippen molar-refractivity contribution in [2.45, 2.75) is 6.42 Å². The number of nitrogens with zero attached hydrogens (tertiary/aromatic N) is 1. The molecule has 3 heterocycles. The number of ether oxygens (including phenoxy) is 2. The molecule has 4 aromatic rings. The minimum atomic E-state index is -0.449. The summed E-state index contributed by atoms with van der Waals surface area (Å²) in [4.78, 5) is 19.7. The lowest BCUT2D eigenvalue weighted by atomic mass is 10.0. The first kappa shape index (κ1) is 16.9. The molecule has 136 valence electrons. The van der Waals surface area contributed by atoms with Crippen LogP contribution in [-0.2, 0) is 11.2 Å². The summed E-state index contributed by atoms with van der Waals surface area (Å²) in [6.45, 7) is 0. The standard InChI is InChI=1S/C21H18N2O4/c1-25-15-6-7-16-17(10-14-4-3-5-18(22-14)21(24)26-2)20(23-19(16)11-15)13-8-9-27-12-13/h3-9,11-12,23H,10H2,1-2H3. The molecule has 27 heavy (non-hydrogen) atoms. The van der Waals surface area contributed by atoms with Crippen LogP contribution in [0.1, 0.15) is 21.7 Å². The highest BCUT2D eigenvalue weighted by Crippen LogP contribution is 2.33. The van der Waals surface area contributed by atoms with Crippen molar-refractivity contribution in [2.24, 2.45) is 0 Å². The number of carbonyl (C=O) groups is 1. The van der Waals surface area contributed by atoms with Gasteiger partial charge < -0.3 is 18.9 Å². The van der Waals surface area contributed by atoms with E-state index in [4.69, 9.17) is 13.9 Å². The third kappa shape index (κ3) is 3.17. The molecule has 0 saturated carbocycles. The highest BCUT2D eigenvalue weighted by atomic mass is 16.5. The maximum atomic E-state index is 11.8. The van der Waals surface area contributed by atoms with Crippen LogP contribution in [0.25, 0.3) is 22.2 Å². The molecule has 0 atom stereocenters. The minimum Gasteiger partial charge on any atom is -0.497 e. The Morgan fingerprint density at radius 1 is 1.19 bits per heavy atom. The number of benzene rings is 1. The lowest BCUT2D eigenvalue weighted by molar-refractivity contribution is 0.0593. The number of furan rings is 1. The van der Waals surface area contributed by atoms with E-state index in [0.717, 1.165) is 39.2 Å². The molecule has 0 saturated heterocycles. The number of esters is 1. The first-order valence-electron chi connectivity index (χ1n) is 8.45. The Hall–Kier alpha value is -3.54. The Morgan fingerprint density at radius 2 is 2.07 bits per heavy atom. The van der Waals surface area contributed by atoms with Crippen LogP contribution >= 0.6 is 0 Å². The summed E-state index contributed by atoms with van der Waals surface area (Å²) in [5.74, 6) is 0.329. The van der Waals surface area contributed by atoms with Crippen LogP contribution in [0.15, 0.2) is 59.4 Å². The predicted octanol–water partition coefficient (Wildman–Crippen LogP) is 4.21. The fraction of sp³-hybridized carbons (Fsp3) is 0.143. The summed E-state index contributed by atoms with van der Waals surface area (Å²) >= 11 is 0. The first-order chi connectivity index (χ1) is 13.2. The highest BCUT2D eigenvalue weighted by molar-refractivity contribution is 5.92. The molecule has 1 aromatic carbocycles. The van der Waals surface area contributed by atoms with E-state index >= 15 is 0 Å². The number of fused-ring (bicyclic) bond motifs is 1. The van der Waals surface area contributed by atoms with Crippen LogP contribution in [0.5, 0.6) is 5.75 Å². The third-order valence-electron chi connectivity index (χ3n) is 4.48. The molecule has 1 N–H and O–H groups in total. The predicted molar refractivity (Wildman–Crippen MR) is 101 cm³/mol. The van der Waals surface area contributed by atoms with Crippen molar-refractivity contribution in [2.75, 3.05) is 14.2 Å². The lowest BCUT2D eigenvalue weighted by Crippen LogP contribution is -2.06. The van der Waals surface area contributed by atoms with E-state index in [-0.39, 0.29) is 0 Å². The van der Waals surface area contributed by atoms with E-state index in [2.05, 4.69) is 9.97 Å². The Labute approximate surface area is 155 Å². The number of H-pyrrole nitrogens is 1. The summed E-state index contributed by atoms with van der Waals surface area (Å²) in [7, 11) is 2.99. The number of rotatable bonds is 5. The Bertz CT molecular complexity index is 1100. The van der Waals surface area contributed by atoms with Crippen LogP contribution in [0.2, 0.25) is 0 Å². The second-order valence-corrected chi connectivity index (χ2v) is 6.08. The highest BCUT2D eigenvalue weighted by Gasteiger charge is 2.17. The number of hydrogen-bond donors (Lipinski definition) is 1. The van der Waals surface area contributed by atoms with Crippen molar-refractivity contribution in [3.63, 3.8) is 0 Å². The molecule has 0 fully saturated rings. The molecule has 0 aliphatic carbocycles. The van der Waals surface area contributed by atoms with Crippen LogP contribution in [0, 0.1) is 0 Å². The molecule has 0 bridgehead atoms. The SMILES string of the molecule is COC(=O)c1cccc(Cc2c(-c3ccoc3)[nH]c3cc(OC)ccc23)n1. The number of methoxy groups -OCH3 is 2. The van der Waals surface area contributed by atoms with Crippen LogP contribution in [-0.4, -0.2) is 30.2 Å². The monoisotopic (exact) mass is 362 g/mol. The number of nitrogens with one attached hydrogen (secondary N) is 1. The molecule has 4 rings (SSSR count). The molecule has 0 spiro atoms. The molecule has 0 amide bonds. The summed E-state index contributed by atoms with van der Waals surface area (Å²) in [5, 5.41) is 1.07. The second-order valence-electron chi connectivity index (χ2n) is 6.08. The van der Waals surface area contributed by atoms with Gasteiger partial charge in [-0.2, -0.15) is 0 Å². The second kappa shape index (κ2) is 6.99. The van der Waals surface area contributed by atoms with Crippen molar-refractivity contribution in [1.82, 2.24) is 9.97 Å². The molecule has 6 heteroatoms. The van der Waals surface area contributed by atoms with Gasteiger partial charge in [0.15, 0.2) is 0 Å². The van der Waals surface area contributed by atoms with Crippen molar-refractivity contribution in [1.29, 1.82) is 0 Å². The molecule has 0 aliphatic heterocycles. The summed E-state index contributed by atoms with van der Waals surface area (Å²) in [6, 6.07) is 13.2. The number of aromatic nitrogens is 2.